The van der Waals surface area contributed by atoms with Crippen molar-refractivity contribution in [3.8, 4) is 0 Å². The van der Waals surface area contributed by atoms with Crippen molar-refractivity contribution in [2.45, 2.75) is 24.9 Å². The van der Waals surface area contributed by atoms with E-state index in [2.05, 4.69) is 21.2 Å². The number of rotatable bonds is 3. The van der Waals surface area contributed by atoms with E-state index in [0.29, 0.717) is 17.7 Å². The molecule has 0 saturated carbocycles. The predicted molar refractivity (Wildman–Crippen MR) is 97.9 cm³/mol. The largest absolute Gasteiger partial charge is 0.449 e. The number of hydrogen-bond acceptors (Lipinski definition) is 4. The van der Waals surface area contributed by atoms with Gasteiger partial charge in [-0.3, -0.25) is 4.79 Å². The molecule has 2 aliphatic rings. The van der Waals surface area contributed by atoms with Crippen LogP contribution >= 0.6 is 15.9 Å². The highest BCUT2D eigenvalue weighted by Gasteiger charge is 2.49. The maximum absolute atomic E-state index is 13.1. The minimum atomic E-state index is -0.608. The molecule has 2 heterocycles. The maximum Gasteiger partial charge on any atom is 0.340 e. The van der Waals surface area contributed by atoms with Gasteiger partial charge in [-0.25, -0.2) is 4.79 Å². The van der Waals surface area contributed by atoms with E-state index in [4.69, 9.17) is 4.74 Å². The Morgan fingerprint density at radius 2 is 2.00 bits per heavy atom. The van der Waals surface area contributed by atoms with Crippen LogP contribution in [0, 0.1) is 0 Å². The fourth-order valence-electron chi connectivity index (χ4n) is 3.76. The van der Waals surface area contributed by atoms with Crippen molar-refractivity contribution in [2.75, 3.05) is 13.1 Å². The number of ketones is 1. The Bertz CT molecular complexity index is 854. The molecular weight excluding hydrogens is 382 g/mol. The zero-order chi connectivity index (χ0) is 17.6. The van der Waals surface area contributed by atoms with Gasteiger partial charge in [0.15, 0.2) is 11.4 Å². The number of ether oxygens (including phenoxy) is 1. The van der Waals surface area contributed by atoms with Crippen LogP contribution in [0.1, 0.15) is 51.1 Å². The first kappa shape index (κ1) is 16.5. The maximum atomic E-state index is 13.1. The molecule has 4 nitrogen and oxygen atoms in total. The predicted octanol–water partition coefficient (Wildman–Crippen LogP) is 3.79. The zero-order valence-electron chi connectivity index (χ0n) is 13.8. The Kier molecular flexibility index (Phi) is 4.01. The third-order valence-corrected chi connectivity index (χ3v) is 5.72. The van der Waals surface area contributed by atoms with Crippen LogP contribution in [0.15, 0.2) is 46.9 Å². The summed E-state index contributed by atoms with van der Waals surface area (Å²) in [7, 11) is 0. The summed E-state index contributed by atoms with van der Waals surface area (Å²) >= 11 is 3.41. The van der Waals surface area contributed by atoms with Gasteiger partial charge in [-0.05, 0) is 24.2 Å². The second kappa shape index (κ2) is 6.07. The molecule has 2 aliphatic heterocycles. The number of carbonyl (C=O) groups excluding carboxylic acids is 2. The Balaban J connectivity index is 1.74. The van der Waals surface area contributed by atoms with Crippen LogP contribution in [-0.4, -0.2) is 24.8 Å². The molecule has 25 heavy (non-hydrogen) atoms. The smallest absolute Gasteiger partial charge is 0.340 e. The lowest BCUT2D eigenvalue weighted by molar-refractivity contribution is 0.00158. The van der Waals surface area contributed by atoms with E-state index in [0.717, 1.165) is 28.6 Å². The summed E-state index contributed by atoms with van der Waals surface area (Å²) in [6.45, 7) is 3.28. The fourth-order valence-corrected chi connectivity index (χ4v) is 4.03. The zero-order valence-corrected chi connectivity index (χ0v) is 15.4. The normalized spacial score (nSPS) is 22.7. The van der Waals surface area contributed by atoms with Crippen molar-refractivity contribution >= 4 is 27.7 Å². The second-order valence-corrected chi connectivity index (χ2v) is 7.59. The van der Waals surface area contributed by atoms with Crippen molar-refractivity contribution in [3.63, 3.8) is 0 Å². The molecule has 0 amide bonds. The van der Waals surface area contributed by atoms with E-state index in [-0.39, 0.29) is 17.7 Å². The minimum absolute atomic E-state index is 0.0564. The molecule has 4 rings (SSSR count). The van der Waals surface area contributed by atoms with Gasteiger partial charge in [-0.1, -0.05) is 53.2 Å². The number of halogens is 1. The van der Waals surface area contributed by atoms with Crippen LogP contribution in [0.2, 0.25) is 0 Å². The summed E-state index contributed by atoms with van der Waals surface area (Å²) in [5.74, 6) is -0.768. The third-order valence-electron chi connectivity index (χ3n) is 5.19. The van der Waals surface area contributed by atoms with E-state index in [1.54, 1.807) is 6.07 Å². The summed E-state index contributed by atoms with van der Waals surface area (Å²) in [6.07, 6.45) is 0.742. The molecule has 5 heteroatoms. The summed E-state index contributed by atoms with van der Waals surface area (Å²) in [6, 6.07) is 13.2. The first-order valence-electron chi connectivity index (χ1n) is 8.39. The quantitative estimate of drug-likeness (QED) is 0.629. The molecule has 0 bridgehead atoms. The van der Waals surface area contributed by atoms with Crippen LogP contribution in [0.4, 0.5) is 0 Å². The highest BCUT2D eigenvalue weighted by Crippen LogP contribution is 2.42. The second-order valence-electron chi connectivity index (χ2n) is 6.68. The Morgan fingerprint density at radius 3 is 2.68 bits per heavy atom. The molecule has 1 unspecified atom stereocenters. The van der Waals surface area contributed by atoms with Crippen molar-refractivity contribution in [2.24, 2.45) is 0 Å². The van der Waals surface area contributed by atoms with E-state index >= 15 is 0 Å². The number of nitrogens with one attached hydrogen (secondary N) is 1. The summed E-state index contributed by atoms with van der Waals surface area (Å²) in [5.41, 5.74) is 2.07. The number of Topliss-reactive ketones (excluding diaryl/α,β-unsaturated/α-hetero) is 1. The number of hydrogen-bond donors (Lipinski definition) is 1. The van der Waals surface area contributed by atoms with Gasteiger partial charge in [-0.2, -0.15) is 0 Å². The highest BCUT2D eigenvalue weighted by atomic mass is 79.9. The van der Waals surface area contributed by atoms with Gasteiger partial charge in [0.05, 0.1) is 5.56 Å². The molecule has 1 N–H and O–H groups in total. The van der Waals surface area contributed by atoms with Gasteiger partial charge in [0.25, 0.3) is 0 Å². The highest BCUT2D eigenvalue weighted by molar-refractivity contribution is 9.10. The van der Waals surface area contributed by atoms with Crippen molar-refractivity contribution in [1.82, 2.24) is 5.32 Å². The summed E-state index contributed by atoms with van der Waals surface area (Å²) in [5, 5.41) is 3.25. The first-order chi connectivity index (χ1) is 12.0. The van der Waals surface area contributed by atoms with E-state index < -0.39 is 5.60 Å². The van der Waals surface area contributed by atoms with E-state index in [9.17, 15) is 9.59 Å². The summed E-state index contributed by atoms with van der Waals surface area (Å²) in [4.78, 5) is 25.7. The van der Waals surface area contributed by atoms with Crippen LogP contribution in [0.5, 0.6) is 0 Å². The van der Waals surface area contributed by atoms with Crippen LogP contribution in [0.25, 0.3) is 0 Å². The molecule has 128 valence electrons. The van der Waals surface area contributed by atoms with Gasteiger partial charge in [0.2, 0.25) is 0 Å². The van der Waals surface area contributed by atoms with Gasteiger partial charge >= 0.3 is 5.97 Å². The topological polar surface area (TPSA) is 55.4 Å². The van der Waals surface area contributed by atoms with Gasteiger partial charge in [0, 0.05) is 34.5 Å². The number of esters is 1. The molecule has 2 aromatic carbocycles. The van der Waals surface area contributed by atoms with Gasteiger partial charge in [0.1, 0.15) is 0 Å². The molecule has 1 saturated heterocycles. The molecule has 1 spiro atoms. The molecule has 0 radical (unpaired) electrons. The molecule has 0 aromatic heterocycles. The first-order valence-corrected chi connectivity index (χ1v) is 9.18. The monoisotopic (exact) mass is 399 g/mol. The molecule has 2 aromatic rings. The minimum Gasteiger partial charge on any atom is -0.449 e. The third kappa shape index (κ3) is 2.62. The van der Waals surface area contributed by atoms with Crippen LogP contribution in [-0.2, 0) is 10.3 Å². The molecular formula is C20H18BrNO3. The molecule has 2 atom stereocenters. The summed E-state index contributed by atoms with van der Waals surface area (Å²) < 4.78 is 6.68. The lowest BCUT2D eigenvalue weighted by Crippen LogP contribution is -2.28. The Morgan fingerprint density at radius 1 is 1.24 bits per heavy atom. The standard InChI is InChI=1S/C20H18BrNO3/c1-12(13-5-7-14(21)8-6-13)18(23)15-3-2-4-16-17(15)19(24)25-20(16)9-10-22-11-20/h2-8,12,22H,9-11H2,1H3/t12?,20-/m0/s1. The lowest BCUT2D eigenvalue weighted by atomic mass is 9.85. The van der Waals surface area contributed by atoms with Crippen molar-refractivity contribution < 1.29 is 14.3 Å². The van der Waals surface area contributed by atoms with E-state index in [1.165, 1.54) is 0 Å². The number of benzene rings is 2. The van der Waals surface area contributed by atoms with Crippen LogP contribution < -0.4 is 5.32 Å². The average molecular weight is 400 g/mol. The number of fused-ring (bicyclic) bond motifs is 2. The van der Waals surface area contributed by atoms with E-state index in [1.807, 2.05) is 43.3 Å². The fraction of sp³-hybridized carbons (Fsp3) is 0.300. The van der Waals surface area contributed by atoms with Crippen molar-refractivity contribution in [1.29, 1.82) is 0 Å². The Labute approximate surface area is 154 Å². The van der Waals surface area contributed by atoms with Gasteiger partial charge < -0.3 is 10.1 Å². The van der Waals surface area contributed by atoms with Gasteiger partial charge in [-0.15, -0.1) is 0 Å². The lowest BCUT2D eigenvalue weighted by Gasteiger charge is -2.21. The Hall–Kier alpha value is -1.98. The average Bonchev–Trinajstić information content (AvgIpc) is 3.20. The molecule has 0 aliphatic carbocycles. The number of carbonyl (C=O) groups is 2. The van der Waals surface area contributed by atoms with Crippen molar-refractivity contribution in [3.05, 3.63) is 69.2 Å². The SMILES string of the molecule is CC(C(=O)c1cccc2c1C(=O)O[C@]21CCNC1)c1ccc(Br)cc1. The molecule has 1 fully saturated rings. The van der Waals surface area contributed by atoms with Crippen LogP contribution in [0.3, 0.4) is 0 Å².